The fraction of sp³-hybridized carbons (Fsp3) is 0.143. The van der Waals surface area contributed by atoms with Crippen LogP contribution in [-0.4, -0.2) is 0 Å². The largest absolute Gasteiger partial charge is 0.397 e. The van der Waals surface area contributed by atoms with E-state index in [1.165, 1.54) is 6.08 Å². The Balaban J connectivity index is 4.17. The van der Waals surface area contributed by atoms with Gasteiger partial charge in [-0.2, -0.15) is 0 Å². The molecule has 0 fully saturated rings. The van der Waals surface area contributed by atoms with E-state index in [4.69, 9.17) is 5.73 Å². The van der Waals surface area contributed by atoms with Crippen molar-refractivity contribution in [1.82, 2.24) is 0 Å². The van der Waals surface area contributed by atoms with Crippen LogP contribution in [0.1, 0.15) is 6.92 Å². The second kappa shape index (κ2) is 3.07. The number of hydrogen-bond acceptors (Lipinski definition) is 1. The van der Waals surface area contributed by atoms with Crippen molar-refractivity contribution in [3.8, 4) is 0 Å². The van der Waals surface area contributed by atoms with Gasteiger partial charge in [-0.15, -0.1) is 0 Å². The SMILES string of the molecule is C=C(C)/C=C(/F)C(=C)N. The number of allylic oxidation sites excluding steroid dienone is 3. The van der Waals surface area contributed by atoms with Crippen LogP contribution in [0.25, 0.3) is 0 Å². The van der Waals surface area contributed by atoms with Gasteiger partial charge in [0.05, 0.1) is 5.70 Å². The first kappa shape index (κ1) is 7.95. The van der Waals surface area contributed by atoms with Crippen molar-refractivity contribution in [1.29, 1.82) is 0 Å². The second-order valence-corrected chi connectivity index (χ2v) is 1.86. The Morgan fingerprint density at radius 1 is 1.56 bits per heavy atom. The van der Waals surface area contributed by atoms with E-state index < -0.39 is 5.83 Å². The Morgan fingerprint density at radius 2 is 2.00 bits per heavy atom. The number of rotatable bonds is 2. The van der Waals surface area contributed by atoms with E-state index in [-0.39, 0.29) is 5.70 Å². The minimum absolute atomic E-state index is 0.0574. The third kappa shape index (κ3) is 3.53. The number of nitrogens with two attached hydrogens (primary N) is 1. The van der Waals surface area contributed by atoms with Gasteiger partial charge in [0.1, 0.15) is 5.83 Å². The molecule has 0 aliphatic heterocycles. The van der Waals surface area contributed by atoms with Gasteiger partial charge < -0.3 is 5.73 Å². The van der Waals surface area contributed by atoms with Crippen LogP contribution in [-0.2, 0) is 0 Å². The van der Waals surface area contributed by atoms with Crippen LogP contribution in [0, 0.1) is 0 Å². The minimum atomic E-state index is -0.512. The van der Waals surface area contributed by atoms with Gasteiger partial charge in [0.2, 0.25) is 0 Å². The zero-order valence-electron chi connectivity index (χ0n) is 5.45. The summed E-state index contributed by atoms with van der Waals surface area (Å²) in [5, 5.41) is 0. The lowest BCUT2D eigenvalue weighted by Gasteiger charge is -1.92. The molecular weight excluding hydrogens is 117 g/mol. The first-order chi connectivity index (χ1) is 4.04. The first-order valence-electron chi connectivity index (χ1n) is 2.51. The summed E-state index contributed by atoms with van der Waals surface area (Å²) < 4.78 is 12.4. The van der Waals surface area contributed by atoms with Crippen LogP contribution in [0.3, 0.4) is 0 Å². The molecule has 0 heterocycles. The van der Waals surface area contributed by atoms with Crippen LogP contribution in [0.2, 0.25) is 0 Å². The van der Waals surface area contributed by atoms with Crippen molar-refractivity contribution >= 4 is 0 Å². The second-order valence-electron chi connectivity index (χ2n) is 1.86. The molecule has 0 radical (unpaired) electrons. The van der Waals surface area contributed by atoms with Crippen LogP contribution in [0.5, 0.6) is 0 Å². The molecule has 50 valence electrons. The molecule has 0 unspecified atom stereocenters. The summed E-state index contributed by atoms with van der Waals surface area (Å²) in [6.07, 6.45) is 1.24. The molecule has 0 aliphatic carbocycles. The summed E-state index contributed by atoms with van der Waals surface area (Å²) in [4.78, 5) is 0. The molecule has 0 spiro atoms. The first-order valence-corrected chi connectivity index (χ1v) is 2.51. The predicted molar refractivity (Wildman–Crippen MR) is 37.3 cm³/mol. The molecule has 0 saturated heterocycles. The Bertz CT molecular complexity index is 168. The van der Waals surface area contributed by atoms with Crippen LogP contribution >= 0.6 is 0 Å². The maximum atomic E-state index is 12.4. The molecule has 0 bridgehead atoms. The van der Waals surface area contributed by atoms with Crippen LogP contribution in [0.4, 0.5) is 4.39 Å². The van der Waals surface area contributed by atoms with Gasteiger partial charge in [-0.3, -0.25) is 0 Å². The Labute approximate surface area is 54.4 Å². The van der Waals surface area contributed by atoms with E-state index in [1.807, 2.05) is 0 Å². The van der Waals surface area contributed by atoms with Crippen molar-refractivity contribution in [3.05, 3.63) is 36.3 Å². The maximum absolute atomic E-state index is 12.4. The molecule has 2 N–H and O–H groups in total. The van der Waals surface area contributed by atoms with Gasteiger partial charge >= 0.3 is 0 Å². The summed E-state index contributed by atoms with van der Waals surface area (Å²) in [7, 11) is 0. The van der Waals surface area contributed by atoms with Gasteiger partial charge in [-0.05, 0) is 13.0 Å². The van der Waals surface area contributed by atoms with E-state index in [9.17, 15) is 4.39 Å². The molecule has 0 aromatic rings. The Hall–Kier alpha value is -1.05. The van der Waals surface area contributed by atoms with Gasteiger partial charge in [0.15, 0.2) is 0 Å². The summed E-state index contributed by atoms with van der Waals surface area (Å²) in [6, 6.07) is 0. The van der Waals surface area contributed by atoms with E-state index in [0.717, 1.165) is 0 Å². The Kier molecular flexibility index (Phi) is 2.71. The number of hydrogen-bond donors (Lipinski definition) is 1. The van der Waals surface area contributed by atoms with Crippen molar-refractivity contribution in [2.45, 2.75) is 6.92 Å². The average molecular weight is 127 g/mol. The fourth-order valence-electron chi connectivity index (χ4n) is 0.309. The topological polar surface area (TPSA) is 26.0 Å². The summed E-state index contributed by atoms with van der Waals surface area (Å²) in [6.45, 7) is 8.35. The molecule has 0 aromatic heterocycles. The lowest BCUT2D eigenvalue weighted by Crippen LogP contribution is -1.94. The quantitative estimate of drug-likeness (QED) is 0.563. The maximum Gasteiger partial charge on any atom is 0.145 e. The summed E-state index contributed by atoms with van der Waals surface area (Å²) in [5.41, 5.74) is 5.57. The monoisotopic (exact) mass is 127 g/mol. The summed E-state index contributed by atoms with van der Waals surface area (Å²) in [5.74, 6) is -0.512. The normalized spacial score (nSPS) is 11.1. The fourth-order valence-corrected chi connectivity index (χ4v) is 0.309. The van der Waals surface area contributed by atoms with E-state index >= 15 is 0 Å². The molecular formula is C7H10FN. The zero-order valence-corrected chi connectivity index (χ0v) is 5.45. The molecule has 0 atom stereocenters. The molecule has 1 nitrogen and oxygen atoms in total. The highest BCUT2D eigenvalue weighted by atomic mass is 19.1. The minimum Gasteiger partial charge on any atom is -0.397 e. The lowest BCUT2D eigenvalue weighted by atomic mass is 10.3. The Morgan fingerprint density at radius 3 is 2.11 bits per heavy atom. The predicted octanol–water partition coefficient (Wildman–Crippen LogP) is 1.89. The molecule has 9 heavy (non-hydrogen) atoms. The van der Waals surface area contributed by atoms with E-state index in [0.29, 0.717) is 5.57 Å². The molecule has 0 aliphatic rings. The summed E-state index contributed by atoms with van der Waals surface area (Å²) >= 11 is 0. The van der Waals surface area contributed by atoms with E-state index in [1.54, 1.807) is 6.92 Å². The van der Waals surface area contributed by atoms with Gasteiger partial charge in [-0.25, -0.2) is 4.39 Å². The van der Waals surface area contributed by atoms with E-state index in [2.05, 4.69) is 13.2 Å². The van der Waals surface area contributed by atoms with Gasteiger partial charge in [0.25, 0.3) is 0 Å². The van der Waals surface area contributed by atoms with Crippen molar-refractivity contribution < 1.29 is 4.39 Å². The lowest BCUT2D eigenvalue weighted by molar-refractivity contribution is 0.648. The third-order valence-electron chi connectivity index (χ3n) is 0.680. The zero-order chi connectivity index (χ0) is 7.44. The average Bonchev–Trinajstić information content (AvgIpc) is 1.63. The van der Waals surface area contributed by atoms with Gasteiger partial charge in [-0.1, -0.05) is 18.7 Å². The molecule has 2 heteroatoms. The smallest absolute Gasteiger partial charge is 0.145 e. The van der Waals surface area contributed by atoms with Crippen LogP contribution in [0.15, 0.2) is 36.3 Å². The van der Waals surface area contributed by atoms with Crippen molar-refractivity contribution in [2.24, 2.45) is 5.73 Å². The highest BCUT2D eigenvalue weighted by molar-refractivity contribution is 5.26. The molecule has 0 aromatic carbocycles. The highest BCUT2D eigenvalue weighted by Crippen LogP contribution is 2.05. The third-order valence-corrected chi connectivity index (χ3v) is 0.680. The highest BCUT2D eigenvalue weighted by Gasteiger charge is 1.92. The molecule has 0 saturated carbocycles. The standard InChI is InChI=1S/C7H10FN/c1-5(2)4-7(8)6(3)9/h4H,1,3,9H2,2H3/b7-4+. The van der Waals surface area contributed by atoms with Gasteiger partial charge in [0, 0.05) is 0 Å². The van der Waals surface area contributed by atoms with Crippen LogP contribution < -0.4 is 5.73 Å². The van der Waals surface area contributed by atoms with Crippen molar-refractivity contribution in [2.75, 3.05) is 0 Å². The molecule has 0 amide bonds. The number of halogens is 1. The van der Waals surface area contributed by atoms with Crippen molar-refractivity contribution in [3.63, 3.8) is 0 Å². The molecule has 0 rings (SSSR count).